The van der Waals surface area contributed by atoms with Gasteiger partial charge in [-0.15, -0.1) is 0 Å². The molecular formula is C33H48N2O6. The van der Waals surface area contributed by atoms with Gasteiger partial charge in [0.2, 0.25) is 0 Å². The van der Waals surface area contributed by atoms with E-state index in [0.29, 0.717) is 45.3 Å². The number of carbonyl (C=O) groups is 1. The summed E-state index contributed by atoms with van der Waals surface area (Å²) in [4.78, 5) is 17.5. The maximum atomic E-state index is 12.9. The molecule has 0 amide bonds. The van der Waals surface area contributed by atoms with Crippen molar-refractivity contribution in [3.05, 3.63) is 41.6 Å². The summed E-state index contributed by atoms with van der Waals surface area (Å²) in [6, 6.07) is 9.10. The van der Waals surface area contributed by atoms with Gasteiger partial charge in [-0.05, 0) is 75.4 Å². The molecule has 0 aliphatic rings. The smallest absolute Gasteiger partial charge is 0.340 e. The van der Waals surface area contributed by atoms with E-state index in [1.165, 1.54) is 25.9 Å². The fourth-order valence-electron chi connectivity index (χ4n) is 4.36. The van der Waals surface area contributed by atoms with Crippen LogP contribution in [-0.2, 0) is 4.74 Å². The molecule has 3 rings (SSSR count). The Balaban J connectivity index is 0.000000454. The first-order valence-corrected chi connectivity index (χ1v) is 14.3. The summed E-state index contributed by atoms with van der Waals surface area (Å²) in [7, 11) is 6.27. The van der Waals surface area contributed by atoms with Gasteiger partial charge in [0.15, 0.2) is 23.0 Å². The quantitative estimate of drug-likeness (QED) is 0.173. The van der Waals surface area contributed by atoms with Crippen LogP contribution in [0.5, 0.6) is 23.0 Å². The van der Waals surface area contributed by atoms with Gasteiger partial charge >= 0.3 is 5.97 Å². The van der Waals surface area contributed by atoms with Gasteiger partial charge in [-0.1, -0.05) is 33.8 Å². The molecule has 0 saturated carbocycles. The van der Waals surface area contributed by atoms with Gasteiger partial charge in [-0.2, -0.15) is 0 Å². The molecule has 0 fully saturated rings. The third-order valence-corrected chi connectivity index (χ3v) is 6.62. The Morgan fingerprint density at radius 1 is 0.805 bits per heavy atom. The minimum absolute atomic E-state index is 0.258. The molecule has 0 unspecified atom stereocenters. The molecule has 1 heterocycles. The lowest BCUT2D eigenvalue weighted by atomic mass is 9.93. The van der Waals surface area contributed by atoms with Gasteiger partial charge in [0, 0.05) is 17.0 Å². The Bertz CT molecular complexity index is 1260. The van der Waals surface area contributed by atoms with Crippen molar-refractivity contribution in [2.24, 2.45) is 11.8 Å². The van der Waals surface area contributed by atoms with Gasteiger partial charge < -0.3 is 29.0 Å². The van der Waals surface area contributed by atoms with Crippen molar-refractivity contribution in [2.45, 2.75) is 54.4 Å². The van der Waals surface area contributed by atoms with Crippen molar-refractivity contribution in [1.82, 2.24) is 10.3 Å². The van der Waals surface area contributed by atoms with E-state index in [4.69, 9.17) is 23.7 Å². The normalized spacial score (nSPS) is 10.8. The topological polar surface area (TPSA) is 88.1 Å². The Morgan fingerprint density at radius 2 is 1.34 bits per heavy atom. The summed E-state index contributed by atoms with van der Waals surface area (Å²) in [5.74, 6) is 3.46. The molecule has 0 spiro atoms. The summed E-state index contributed by atoms with van der Waals surface area (Å²) in [6.07, 6.45) is 2.61. The summed E-state index contributed by atoms with van der Waals surface area (Å²) in [6.45, 7) is 15.3. The highest BCUT2D eigenvalue weighted by Crippen LogP contribution is 2.41. The molecule has 2 aromatic carbocycles. The SMILES string of the molecule is CC(C)CCNCCC(C)C.CCOC(=O)c1c(C)nc2cc(OC)c(OC)cc2c1-c1ccc(OC)c(OC)c1. The van der Waals surface area contributed by atoms with Crippen molar-refractivity contribution in [1.29, 1.82) is 0 Å². The Morgan fingerprint density at radius 3 is 1.85 bits per heavy atom. The summed E-state index contributed by atoms with van der Waals surface area (Å²) in [5, 5.41) is 4.18. The molecule has 226 valence electrons. The minimum atomic E-state index is -0.441. The monoisotopic (exact) mass is 568 g/mol. The number of pyridine rings is 1. The maximum Gasteiger partial charge on any atom is 0.340 e. The second-order valence-corrected chi connectivity index (χ2v) is 10.6. The standard InChI is InChI=1S/C23H25NO6.C10H23N/c1-7-30-23(25)21-13(2)24-16-12-20(29-6)19(28-5)11-15(16)22(21)14-8-9-17(26-3)18(10-14)27-4;1-9(2)5-7-11-8-6-10(3)4/h8-12H,7H2,1-6H3;9-11H,5-8H2,1-4H3. The molecule has 0 saturated heterocycles. The van der Waals surface area contributed by atoms with E-state index in [-0.39, 0.29) is 6.61 Å². The lowest BCUT2D eigenvalue weighted by molar-refractivity contribution is 0.0526. The number of methoxy groups -OCH3 is 4. The van der Waals surface area contributed by atoms with Crippen LogP contribution >= 0.6 is 0 Å². The van der Waals surface area contributed by atoms with E-state index < -0.39 is 5.97 Å². The predicted molar refractivity (Wildman–Crippen MR) is 166 cm³/mol. The average Bonchev–Trinajstić information content (AvgIpc) is 2.95. The van der Waals surface area contributed by atoms with Crippen molar-refractivity contribution in [2.75, 3.05) is 48.1 Å². The van der Waals surface area contributed by atoms with E-state index >= 15 is 0 Å². The number of esters is 1. The number of benzene rings is 2. The zero-order valence-electron chi connectivity index (χ0n) is 26.5. The Hall–Kier alpha value is -3.52. The number of aryl methyl sites for hydroxylation is 1. The molecular weight excluding hydrogens is 520 g/mol. The molecule has 0 bridgehead atoms. The van der Waals surface area contributed by atoms with Crippen LogP contribution in [0.25, 0.3) is 22.0 Å². The van der Waals surface area contributed by atoms with Crippen LogP contribution in [-0.4, -0.2) is 59.1 Å². The molecule has 0 aliphatic carbocycles. The predicted octanol–water partition coefficient (Wildman–Crippen LogP) is 7.09. The second-order valence-electron chi connectivity index (χ2n) is 10.6. The van der Waals surface area contributed by atoms with Crippen LogP contribution in [0.15, 0.2) is 30.3 Å². The van der Waals surface area contributed by atoms with Gasteiger partial charge in [0.05, 0.1) is 51.8 Å². The molecule has 1 N–H and O–H groups in total. The third-order valence-electron chi connectivity index (χ3n) is 6.62. The molecule has 1 aromatic heterocycles. The largest absolute Gasteiger partial charge is 0.493 e. The van der Waals surface area contributed by atoms with E-state index in [0.717, 1.165) is 22.8 Å². The lowest BCUT2D eigenvalue weighted by Crippen LogP contribution is -2.19. The van der Waals surface area contributed by atoms with E-state index in [9.17, 15) is 4.79 Å². The molecule has 8 heteroatoms. The number of nitrogens with one attached hydrogen (secondary N) is 1. The first-order valence-electron chi connectivity index (χ1n) is 14.3. The van der Waals surface area contributed by atoms with Crippen LogP contribution in [0.2, 0.25) is 0 Å². The van der Waals surface area contributed by atoms with Gasteiger partial charge in [-0.3, -0.25) is 4.98 Å². The van der Waals surface area contributed by atoms with Gasteiger partial charge in [0.25, 0.3) is 0 Å². The number of carbonyl (C=O) groups excluding carboxylic acids is 1. The van der Waals surface area contributed by atoms with Crippen LogP contribution < -0.4 is 24.3 Å². The average molecular weight is 569 g/mol. The highest BCUT2D eigenvalue weighted by molar-refractivity contribution is 6.08. The van der Waals surface area contributed by atoms with E-state index in [2.05, 4.69) is 38.0 Å². The zero-order chi connectivity index (χ0) is 30.5. The zero-order valence-corrected chi connectivity index (χ0v) is 26.5. The lowest BCUT2D eigenvalue weighted by Gasteiger charge is -2.18. The Labute approximate surface area is 245 Å². The number of ether oxygens (including phenoxy) is 5. The van der Waals surface area contributed by atoms with Crippen molar-refractivity contribution in [3.63, 3.8) is 0 Å². The first-order chi connectivity index (χ1) is 19.6. The van der Waals surface area contributed by atoms with Crippen LogP contribution in [0, 0.1) is 18.8 Å². The highest BCUT2D eigenvalue weighted by Gasteiger charge is 2.24. The molecule has 41 heavy (non-hydrogen) atoms. The Kier molecular flexibility index (Phi) is 13.7. The fraction of sp³-hybridized carbons (Fsp3) is 0.515. The van der Waals surface area contributed by atoms with Crippen LogP contribution in [0.1, 0.15) is 63.5 Å². The van der Waals surface area contributed by atoms with Crippen LogP contribution in [0.4, 0.5) is 0 Å². The maximum absolute atomic E-state index is 12.9. The van der Waals surface area contributed by atoms with Crippen LogP contribution in [0.3, 0.4) is 0 Å². The number of nitrogens with zero attached hydrogens (tertiary/aromatic N) is 1. The number of hydrogen-bond donors (Lipinski definition) is 1. The van der Waals surface area contributed by atoms with Gasteiger partial charge in [0.1, 0.15) is 0 Å². The highest BCUT2D eigenvalue weighted by atomic mass is 16.5. The molecule has 0 atom stereocenters. The number of aromatic nitrogens is 1. The first kappa shape index (κ1) is 33.7. The number of fused-ring (bicyclic) bond motifs is 1. The summed E-state index contributed by atoms with van der Waals surface area (Å²) < 4.78 is 27.1. The molecule has 3 aromatic rings. The summed E-state index contributed by atoms with van der Waals surface area (Å²) >= 11 is 0. The van der Waals surface area contributed by atoms with Crippen molar-refractivity contribution in [3.8, 4) is 34.1 Å². The number of hydrogen-bond acceptors (Lipinski definition) is 8. The van der Waals surface area contributed by atoms with Crippen molar-refractivity contribution < 1.29 is 28.5 Å². The van der Waals surface area contributed by atoms with Gasteiger partial charge in [-0.25, -0.2) is 4.79 Å². The fourth-order valence-corrected chi connectivity index (χ4v) is 4.36. The summed E-state index contributed by atoms with van der Waals surface area (Å²) in [5.41, 5.74) is 3.06. The third kappa shape index (κ3) is 9.25. The second kappa shape index (κ2) is 16.7. The number of rotatable bonds is 13. The molecule has 8 nitrogen and oxygen atoms in total. The molecule has 0 aliphatic heterocycles. The van der Waals surface area contributed by atoms with E-state index in [1.807, 2.05) is 18.2 Å². The molecule has 0 radical (unpaired) electrons. The van der Waals surface area contributed by atoms with E-state index in [1.54, 1.807) is 54.4 Å². The van der Waals surface area contributed by atoms with Crippen molar-refractivity contribution >= 4 is 16.9 Å². The minimum Gasteiger partial charge on any atom is -0.493 e.